The predicted molar refractivity (Wildman–Crippen MR) is 113 cm³/mol. The fourth-order valence-electron chi connectivity index (χ4n) is 3.47. The number of nitrogens with zero attached hydrogens (tertiary/aromatic N) is 4. The topological polar surface area (TPSA) is 55.6 Å². The second-order valence-corrected chi connectivity index (χ2v) is 6.96. The lowest BCUT2D eigenvalue weighted by Crippen LogP contribution is -1.99. The third-order valence-corrected chi connectivity index (χ3v) is 4.99. The molecule has 0 amide bonds. The molecular weight excluding hydrogens is 346 g/mol. The van der Waals surface area contributed by atoms with Crippen LogP contribution in [0.2, 0.25) is 0 Å². The fraction of sp³-hybridized carbons (Fsp3) is 0.0870. The van der Waals surface area contributed by atoms with Crippen molar-refractivity contribution in [3.63, 3.8) is 0 Å². The van der Waals surface area contributed by atoms with Crippen LogP contribution in [0.25, 0.3) is 27.5 Å². The molecule has 0 aliphatic heterocycles. The molecule has 2 heterocycles. The zero-order valence-corrected chi connectivity index (χ0v) is 15.7. The Morgan fingerprint density at radius 3 is 2.43 bits per heavy atom. The molecule has 3 aromatic carbocycles. The van der Waals surface area contributed by atoms with Crippen molar-refractivity contribution >= 4 is 33.3 Å². The lowest BCUT2D eigenvalue weighted by molar-refractivity contribution is 1.01. The SMILES string of the molecule is Cc1ccc(-n2cnc3cc(Nc4nnc(C)c5ccccc45)ccc32)cc1. The number of aromatic nitrogens is 4. The van der Waals surface area contributed by atoms with E-state index in [-0.39, 0.29) is 0 Å². The van der Waals surface area contributed by atoms with E-state index >= 15 is 0 Å². The minimum Gasteiger partial charge on any atom is -0.338 e. The van der Waals surface area contributed by atoms with E-state index in [0.29, 0.717) is 0 Å². The van der Waals surface area contributed by atoms with Crippen LogP contribution in [-0.2, 0) is 0 Å². The maximum Gasteiger partial charge on any atom is 0.160 e. The Bertz CT molecular complexity index is 1300. The van der Waals surface area contributed by atoms with E-state index in [9.17, 15) is 0 Å². The highest BCUT2D eigenvalue weighted by Gasteiger charge is 2.09. The van der Waals surface area contributed by atoms with Gasteiger partial charge < -0.3 is 5.32 Å². The van der Waals surface area contributed by atoms with Gasteiger partial charge in [-0.25, -0.2) is 4.98 Å². The number of rotatable bonds is 3. The Hall–Kier alpha value is -3.73. The van der Waals surface area contributed by atoms with E-state index in [1.165, 1.54) is 5.56 Å². The molecule has 0 unspecified atom stereocenters. The van der Waals surface area contributed by atoms with Crippen LogP contribution in [0.4, 0.5) is 11.5 Å². The molecule has 5 rings (SSSR count). The molecule has 5 nitrogen and oxygen atoms in total. The molecular formula is C23H19N5. The van der Waals surface area contributed by atoms with Gasteiger partial charge in [0.25, 0.3) is 0 Å². The number of benzene rings is 3. The molecule has 0 saturated carbocycles. The third kappa shape index (κ3) is 2.77. The molecule has 28 heavy (non-hydrogen) atoms. The van der Waals surface area contributed by atoms with Crippen LogP contribution in [0.1, 0.15) is 11.3 Å². The highest BCUT2D eigenvalue weighted by Crippen LogP contribution is 2.27. The van der Waals surface area contributed by atoms with Gasteiger partial charge in [0, 0.05) is 22.1 Å². The van der Waals surface area contributed by atoms with Crippen molar-refractivity contribution in [2.75, 3.05) is 5.32 Å². The maximum atomic E-state index is 4.58. The number of aryl methyl sites for hydroxylation is 2. The van der Waals surface area contributed by atoms with E-state index in [4.69, 9.17) is 0 Å². The van der Waals surface area contributed by atoms with E-state index in [1.807, 2.05) is 37.5 Å². The molecule has 1 N–H and O–H groups in total. The van der Waals surface area contributed by atoms with Gasteiger partial charge in [0.1, 0.15) is 6.33 Å². The molecule has 5 aromatic rings. The summed E-state index contributed by atoms with van der Waals surface area (Å²) in [5.41, 5.74) is 6.19. The number of hydrogen-bond donors (Lipinski definition) is 1. The van der Waals surface area contributed by atoms with Crippen molar-refractivity contribution in [2.45, 2.75) is 13.8 Å². The van der Waals surface area contributed by atoms with Gasteiger partial charge in [0.2, 0.25) is 0 Å². The molecule has 0 radical (unpaired) electrons. The molecule has 136 valence electrons. The highest BCUT2D eigenvalue weighted by molar-refractivity contribution is 5.94. The van der Waals surface area contributed by atoms with Crippen LogP contribution >= 0.6 is 0 Å². The first-order valence-corrected chi connectivity index (χ1v) is 9.22. The normalized spacial score (nSPS) is 11.2. The summed E-state index contributed by atoms with van der Waals surface area (Å²) in [4.78, 5) is 4.58. The molecule has 0 fully saturated rings. The van der Waals surface area contributed by atoms with Crippen molar-refractivity contribution in [1.29, 1.82) is 0 Å². The van der Waals surface area contributed by atoms with Gasteiger partial charge in [0.05, 0.1) is 16.7 Å². The van der Waals surface area contributed by atoms with Gasteiger partial charge in [-0.3, -0.25) is 4.57 Å². The Morgan fingerprint density at radius 1 is 0.821 bits per heavy atom. The first-order valence-electron chi connectivity index (χ1n) is 9.22. The van der Waals surface area contributed by atoms with Crippen LogP contribution in [0, 0.1) is 13.8 Å². The molecule has 0 spiro atoms. The Morgan fingerprint density at radius 2 is 1.61 bits per heavy atom. The van der Waals surface area contributed by atoms with Crippen molar-refractivity contribution < 1.29 is 0 Å². The molecule has 0 saturated heterocycles. The molecule has 0 bridgehead atoms. The average molecular weight is 365 g/mol. The van der Waals surface area contributed by atoms with Crippen LogP contribution in [0.3, 0.4) is 0 Å². The van der Waals surface area contributed by atoms with Crippen LogP contribution in [0.15, 0.2) is 73.1 Å². The van der Waals surface area contributed by atoms with Crippen molar-refractivity contribution in [3.8, 4) is 5.69 Å². The molecule has 0 aliphatic carbocycles. The zero-order chi connectivity index (χ0) is 19.1. The largest absolute Gasteiger partial charge is 0.338 e. The summed E-state index contributed by atoms with van der Waals surface area (Å²) in [6, 6.07) is 22.8. The molecule has 2 aromatic heterocycles. The van der Waals surface area contributed by atoms with Crippen LogP contribution in [0.5, 0.6) is 0 Å². The first-order chi connectivity index (χ1) is 13.7. The van der Waals surface area contributed by atoms with E-state index in [2.05, 4.69) is 74.5 Å². The van der Waals surface area contributed by atoms with Gasteiger partial charge in [-0.05, 0) is 44.2 Å². The number of nitrogens with one attached hydrogen (secondary N) is 1. The highest BCUT2D eigenvalue weighted by atomic mass is 15.2. The van der Waals surface area contributed by atoms with Crippen molar-refractivity contribution in [2.24, 2.45) is 0 Å². The lowest BCUT2D eigenvalue weighted by Gasteiger charge is -2.10. The standard InChI is InChI=1S/C23H19N5/c1-15-7-10-18(11-8-15)28-14-24-21-13-17(9-12-22(21)28)25-23-20-6-4-3-5-19(20)16(2)26-27-23/h3-14H,1-2H3,(H,25,27). The summed E-state index contributed by atoms with van der Waals surface area (Å²) >= 11 is 0. The number of anilines is 2. The zero-order valence-electron chi connectivity index (χ0n) is 15.7. The average Bonchev–Trinajstić information content (AvgIpc) is 3.14. The van der Waals surface area contributed by atoms with Gasteiger partial charge in [-0.15, -0.1) is 5.10 Å². The lowest BCUT2D eigenvalue weighted by atomic mass is 10.1. The number of fused-ring (bicyclic) bond motifs is 2. The summed E-state index contributed by atoms with van der Waals surface area (Å²) in [7, 11) is 0. The maximum absolute atomic E-state index is 4.58. The third-order valence-electron chi connectivity index (χ3n) is 4.99. The summed E-state index contributed by atoms with van der Waals surface area (Å²) in [5, 5.41) is 14.2. The van der Waals surface area contributed by atoms with E-state index < -0.39 is 0 Å². The number of hydrogen-bond acceptors (Lipinski definition) is 4. The first kappa shape index (κ1) is 16.4. The summed E-state index contributed by atoms with van der Waals surface area (Å²) < 4.78 is 2.10. The predicted octanol–water partition coefficient (Wildman–Crippen LogP) is 5.33. The molecule has 0 aliphatic rings. The quantitative estimate of drug-likeness (QED) is 0.469. The van der Waals surface area contributed by atoms with E-state index in [1.54, 1.807) is 0 Å². The summed E-state index contributed by atoms with van der Waals surface area (Å²) in [6.45, 7) is 4.06. The van der Waals surface area contributed by atoms with E-state index in [0.717, 1.165) is 44.7 Å². The van der Waals surface area contributed by atoms with Crippen LogP contribution in [-0.4, -0.2) is 19.7 Å². The Balaban J connectivity index is 1.53. The summed E-state index contributed by atoms with van der Waals surface area (Å²) in [5.74, 6) is 0.749. The minimum absolute atomic E-state index is 0.749. The molecule has 0 atom stereocenters. The Labute approximate surface area is 162 Å². The van der Waals surface area contributed by atoms with Gasteiger partial charge >= 0.3 is 0 Å². The minimum atomic E-state index is 0.749. The second-order valence-electron chi connectivity index (χ2n) is 6.96. The van der Waals surface area contributed by atoms with Gasteiger partial charge in [-0.1, -0.05) is 42.0 Å². The van der Waals surface area contributed by atoms with Crippen molar-refractivity contribution in [3.05, 3.63) is 84.3 Å². The van der Waals surface area contributed by atoms with Crippen LogP contribution < -0.4 is 5.32 Å². The smallest absolute Gasteiger partial charge is 0.160 e. The summed E-state index contributed by atoms with van der Waals surface area (Å²) in [6.07, 6.45) is 1.86. The monoisotopic (exact) mass is 365 g/mol. The fourth-order valence-corrected chi connectivity index (χ4v) is 3.47. The van der Waals surface area contributed by atoms with Gasteiger partial charge in [0.15, 0.2) is 5.82 Å². The molecule has 5 heteroatoms. The number of imidazole rings is 1. The Kier molecular flexibility index (Phi) is 3.79. The van der Waals surface area contributed by atoms with Crippen molar-refractivity contribution in [1.82, 2.24) is 19.7 Å². The van der Waals surface area contributed by atoms with Gasteiger partial charge in [-0.2, -0.15) is 5.10 Å². The second kappa shape index (κ2) is 6.46.